The van der Waals surface area contributed by atoms with Crippen LogP contribution in [0.15, 0.2) is 18.2 Å². The fourth-order valence-electron chi connectivity index (χ4n) is 3.01. The average Bonchev–Trinajstić information content (AvgIpc) is 2.42. The summed E-state index contributed by atoms with van der Waals surface area (Å²) in [6.07, 6.45) is 3.92. The molecule has 3 unspecified atom stereocenters. The summed E-state index contributed by atoms with van der Waals surface area (Å²) in [7, 11) is 3.29. The number of methoxy groups -OCH3 is 2. The first-order valence-electron chi connectivity index (χ1n) is 7.03. The molecule has 1 N–H and O–H groups in total. The lowest BCUT2D eigenvalue weighted by Crippen LogP contribution is -2.29. The van der Waals surface area contributed by atoms with Crippen LogP contribution in [0.1, 0.15) is 31.7 Å². The third-order valence-corrected chi connectivity index (χ3v) is 4.15. The minimum atomic E-state index is -0.163. The molecule has 106 valence electrons. The van der Waals surface area contributed by atoms with Gasteiger partial charge in [-0.15, -0.1) is 0 Å². The van der Waals surface area contributed by atoms with E-state index in [-0.39, 0.29) is 6.10 Å². The van der Waals surface area contributed by atoms with Gasteiger partial charge in [0.05, 0.1) is 20.3 Å². The van der Waals surface area contributed by atoms with Crippen LogP contribution in [0.3, 0.4) is 0 Å². The van der Waals surface area contributed by atoms with Gasteiger partial charge in [0.1, 0.15) is 0 Å². The number of aliphatic hydroxyl groups is 1. The second-order valence-corrected chi connectivity index (χ2v) is 5.64. The summed E-state index contributed by atoms with van der Waals surface area (Å²) in [5.41, 5.74) is 1.20. The van der Waals surface area contributed by atoms with Crippen molar-refractivity contribution in [2.75, 3.05) is 14.2 Å². The largest absolute Gasteiger partial charge is 0.493 e. The zero-order valence-corrected chi connectivity index (χ0v) is 12.1. The molecule has 0 spiro atoms. The fourth-order valence-corrected chi connectivity index (χ4v) is 3.01. The third kappa shape index (κ3) is 3.41. The molecule has 1 aromatic carbocycles. The van der Waals surface area contributed by atoms with E-state index in [1.54, 1.807) is 14.2 Å². The summed E-state index contributed by atoms with van der Waals surface area (Å²) in [5, 5.41) is 10.1. The molecule has 2 rings (SSSR count). The molecular weight excluding hydrogens is 240 g/mol. The summed E-state index contributed by atoms with van der Waals surface area (Å²) in [6, 6.07) is 6.02. The van der Waals surface area contributed by atoms with Crippen LogP contribution in [0, 0.1) is 11.8 Å². The standard InChI is InChI=1S/C16H24O3/c1-11-4-6-14(17)13(8-11)9-12-5-7-15(18-2)16(10-12)19-3/h5,7,10-11,13-14,17H,4,6,8-9H2,1-3H3. The lowest BCUT2D eigenvalue weighted by atomic mass is 9.77. The molecule has 1 aliphatic carbocycles. The Labute approximate surface area is 115 Å². The van der Waals surface area contributed by atoms with E-state index in [1.807, 2.05) is 12.1 Å². The van der Waals surface area contributed by atoms with Crippen molar-refractivity contribution in [2.24, 2.45) is 11.8 Å². The van der Waals surface area contributed by atoms with Crippen LogP contribution in [0.5, 0.6) is 11.5 Å². The molecule has 0 heterocycles. The molecule has 0 aliphatic heterocycles. The normalized spacial score (nSPS) is 27.1. The average molecular weight is 264 g/mol. The highest BCUT2D eigenvalue weighted by atomic mass is 16.5. The second kappa shape index (κ2) is 6.29. The SMILES string of the molecule is COc1ccc(CC2CC(C)CCC2O)cc1OC. The van der Waals surface area contributed by atoms with Crippen molar-refractivity contribution in [1.82, 2.24) is 0 Å². The maximum atomic E-state index is 10.1. The summed E-state index contributed by atoms with van der Waals surface area (Å²) in [4.78, 5) is 0. The van der Waals surface area contributed by atoms with Gasteiger partial charge in [0.2, 0.25) is 0 Å². The van der Waals surface area contributed by atoms with Gasteiger partial charge >= 0.3 is 0 Å². The van der Waals surface area contributed by atoms with Crippen molar-refractivity contribution in [3.63, 3.8) is 0 Å². The Morgan fingerprint density at radius 1 is 1.16 bits per heavy atom. The number of benzene rings is 1. The van der Waals surface area contributed by atoms with Gasteiger partial charge in [-0.25, -0.2) is 0 Å². The van der Waals surface area contributed by atoms with Crippen molar-refractivity contribution in [1.29, 1.82) is 0 Å². The van der Waals surface area contributed by atoms with Gasteiger partial charge in [-0.2, -0.15) is 0 Å². The van der Waals surface area contributed by atoms with E-state index >= 15 is 0 Å². The first-order valence-corrected chi connectivity index (χ1v) is 7.03. The molecule has 1 saturated carbocycles. The van der Waals surface area contributed by atoms with Crippen molar-refractivity contribution in [3.8, 4) is 11.5 Å². The Kier molecular flexibility index (Phi) is 4.70. The molecule has 0 bridgehead atoms. The molecule has 0 amide bonds. The second-order valence-electron chi connectivity index (χ2n) is 5.64. The zero-order chi connectivity index (χ0) is 13.8. The van der Waals surface area contributed by atoms with E-state index < -0.39 is 0 Å². The first kappa shape index (κ1) is 14.2. The van der Waals surface area contributed by atoms with Crippen molar-refractivity contribution < 1.29 is 14.6 Å². The van der Waals surface area contributed by atoms with Gasteiger partial charge < -0.3 is 14.6 Å². The number of aliphatic hydroxyl groups excluding tert-OH is 1. The van der Waals surface area contributed by atoms with E-state index in [2.05, 4.69) is 13.0 Å². The Bertz CT molecular complexity index is 416. The molecule has 0 saturated heterocycles. The number of rotatable bonds is 4. The summed E-state index contributed by atoms with van der Waals surface area (Å²) >= 11 is 0. The van der Waals surface area contributed by atoms with Crippen molar-refractivity contribution >= 4 is 0 Å². The minimum absolute atomic E-state index is 0.163. The Balaban J connectivity index is 2.09. The highest BCUT2D eigenvalue weighted by Gasteiger charge is 2.27. The van der Waals surface area contributed by atoms with Crippen LogP contribution in [-0.2, 0) is 6.42 Å². The smallest absolute Gasteiger partial charge is 0.160 e. The van der Waals surface area contributed by atoms with Crippen LogP contribution in [-0.4, -0.2) is 25.4 Å². The van der Waals surface area contributed by atoms with E-state index in [0.29, 0.717) is 11.8 Å². The van der Waals surface area contributed by atoms with E-state index in [1.165, 1.54) is 5.56 Å². The summed E-state index contributed by atoms with van der Waals surface area (Å²) in [6.45, 7) is 2.27. The van der Waals surface area contributed by atoms with Gasteiger partial charge in [0.15, 0.2) is 11.5 Å². The summed E-state index contributed by atoms with van der Waals surface area (Å²) in [5.74, 6) is 2.59. The van der Waals surface area contributed by atoms with Crippen molar-refractivity contribution in [2.45, 2.75) is 38.7 Å². The fraction of sp³-hybridized carbons (Fsp3) is 0.625. The van der Waals surface area contributed by atoms with E-state index in [4.69, 9.17) is 9.47 Å². The molecule has 1 aromatic rings. The van der Waals surface area contributed by atoms with Gasteiger partial charge in [0.25, 0.3) is 0 Å². The van der Waals surface area contributed by atoms with Gasteiger partial charge in [0, 0.05) is 0 Å². The molecular formula is C16H24O3. The van der Waals surface area contributed by atoms with Crippen LogP contribution >= 0.6 is 0 Å². The molecule has 0 radical (unpaired) electrons. The highest BCUT2D eigenvalue weighted by molar-refractivity contribution is 5.43. The molecule has 3 atom stereocenters. The Hall–Kier alpha value is -1.22. The molecule has 0 aromatic heterocycles. The van der Waals surface area contributed by atoms with Crippen LogP contribution in [0.4, 0.5) is 0 Å². The summed E-state index contributed by atoms with van der Waals surface area (Å²) < 4.78 is 10.6. The Morgan fingerprint density at radius 2 is 1.89 bits per heavy atom. The topological polar surface area (TPSA) is 38.7 Å². The van der Waals surface area contributed by atoms with Gasteiger partial charge in [-0.3, -0.25) is 0 Å². The lowest BCUT2D eigenvalue weighted by molar-refractivity contribution is 0.0519. The van der Waals surface area contributed by atoms with Gasteiger partial charge in [-0.05, 0) is 55.2 Å². The molecule has 3 nitrogen and oxygen atoms in total. The lowest BCUT2D eigenvalue weighted by Gasteiger charge is -2.31. The van der Waals surface area contributed by atoms with E-state index in [9.17, 15) is 5.11 Å². The predicted molar refractivity (Wildman–Crippen MR) is 75.8 cm³/mol. The molecule has 1 fully saturated rings. The maximum Gasteiger partial charge on any atom is 0.160 e. The van der Waals surface area contributed by atoms with Crippen molar-refractivity contribution in [3.05, 3.63) is 23.8 Å². The number of hydrogen-bond acceptors (Lipinski definition) is 3. The number of hydrogen-bond donors (Lipinski definition) is 1. The maximum absolute atomic E-state index is 10.1. The van der Waals surface area contributed by atoms with Crippen LogP contribution in [0.2, 0.25) is 0 Å². The first-order chi connectivity index (χ1) is 9.13. The predicted octanol–water partition coefficient (Wildman–Crippen LogP) is 3.04. The minimum Gasteiger partial charge on any atom is -0.493 e. The molecule has 3 heteroatoms. The van der Waals surface area contributed by atoms with Gasteiger partial charge in [-0.1, -0.05) is 13.0 Å². The van der Waals surface area contributed by atoms with Crippen LogP contribution in [0.25, 0.3) is 0 Å². The zero-order valence-electron chi connectivity index (χ0n) is 12.1. The monoisotopic (exact) mass is 264 g/mol. The van der Waals surface area contributed by atoms with E-state index in [0.717, 1.165) is 37.2 Å². The van der Waals surface area contributed by atoms with Crippen LogP contribution < -0.4 is 9.47 Å². The number of ether oxygens (including phenoxy) is 2. The highest BCUT2D eigenvalue weighted by Crippen LogP contribution is 2.34. The molecule has 1 aliphatic rings. The Morgan fingerprint density at radius 3 is 2.58 bits per heavy atom. The molecule has 19 heavy (non-hydrogen) atoms. The third-order valence-electron chi connectivity index (χ3n) is 4.15. The quantitative estimate of drug-likeness (QED) is 0.908.